The fourth-order valence-electron chi connectivity index (χ4n) is 3.36. The summed E-state index contributed by atoms with van der Waals surface area (Å²) in [6, 6.07) is 3.64. The Balaban J connectivity index is 1.67. The summed E-state index contributed by atoms with van der Waals surface area (Å²) >= 11 is 7.20. The average Bonchev–Trinajstić information content (AvgIpc) is 3.30. The van der Waals surface area contributed by atoms with Crippen molar-refractivity contribution in [2.45, 2.75) is 56.1 Å². The third-order valence-electron chi connectivity index (χ3n) is 4.93. The lowest BCUT2D eigenvalue weighted by Gasteiger charge is -2.15. The van der Waals surface area contributed by atoms with Gasteiger partial charge in [0, 0.05) is 6.26 Å². The smallest absolute Gasteiger partial charge is 0.323 e. The number of benzene rings is 1. The molecule has 1 atom stereocenters. The maximum absolute atomic E-state index is 12.3. The van der Waals surface area contributed by atoms with E-state index in [4.69, 9.17) is 22.1 Å². The lowest BCUT2D eigenvalue weighted by atomic mass is 10.2. The molecule has 1 aliphatic rings. The standard InChI is InChI=1S/C20H24ClN3O5S2/c1-11-18(12-7-8-14(21)16(9-12)31(2,27)28)30-20(23-11)24-17(25)10-15(22)19(26)29-13-5-3-4-6-13/h7-9,13,15H,3-6,10,22H2,1-2H3,(H,23,24,25)/t15-/m0/s1. The maximum atomic E-state index is 12.3. The molecular formula is C20H24ClN3O5S2. The highest BCUT2D eigenvalue weighted by molar-refractivity contribution is 7.90. The van der Waals surface area contributed by atoms with Crippen LogP contribution in [0.3, 0.4) is 0 Å². The number of ether oxygens (including phenoxy) is 1. The van der Waals surface area contributed by atoms with Gasteiger partial charge >= 0.3 is 5.97 Å². The van der Waals surface area contributed by atoms with Gasteiger partial charge < -0.3 is 15.8 Å². The van der Waals surface area contributed by atoms with Gasteiger partial charge in [0.1, 0.15) is 12.1 Å². The summed E-state index contributed by atoms with van der Waals surface area (Å²) in [6.45, 7) is 1.75. The second kappa shape index (κ2) is 9.64. The first-order valence-corrected chi connectivity index (χ1v) is 12.9. The van der Waals surface area contributed by atoms with Crippen LogP contribution in [0.1, 0.15) is 37.8 Å². The second-order valence-electron chi connectivity index (χ2n) is 7.55. The highest BCUT2D eigenvalue weighted by Gasteiger charge is 2.25. The summed E-state index contributed by atoms with van der Waals surface area (Å²) in [5.41, 5.74) is 7.07. The van der Waals surface area contributed by atoms with Gasteiger partial charge in [-0.15, -0.1) is 0 Å². The molecule has 1 fully saturated rings. The van der Waals surface area contributed by atoms with E-state index in [9.17, 15) is 18.0 Å². The summed E-state index contributed by atoms with van der Waals surface area (Å²) < 4.78 is 29.2. The molecule has 0 aliphatic heterocycles. The number of nitrogens with two attached hydrogens (primary N) is 1. The number of halogens is 1. The van der Waals surface area contributed by atoms with Gasteiger partial charge in [0.2, 0.25) is 5.91 Å². The van der Waals surface area contributed by atoms with Crippen molar-refractivity contribution in [2.75, 3.05) is 11.6 Å². The number of nitrogens with one attached hydrogen (secondary N) is 1. The largest absolute Gasteiger partial charge is 0.461 e. The van der Waals surface area contributed by atoms with Crippen LogP contribution < -0.4 is 11.1 Å². The number of rotatable bonds is 7. The van der Waals surface area contributed by atoms with Gasteiger partial charge in [-0.1, -0.05) is 29.0 Å². The van der Waals surface area contributed by atoms with Crippen molar-refractivity contribution < 1.29 is 22.7 Å². The van der Waals surface area contributed by atoms with Crippen LogP contribution in [0.15, 0.2) is 23.1 Å². The number of aryl methyl sites for hydroxylation is 1. The van der Waals surface area contributed by atoms with Crippen molar-refractivity contribution >= 4 is 49.8 Å². The van der Waals surface area contributed by atoms with Crippen LogP contribution in [0.5, 0.6) is 0 Å². The predicted octanol–water partition coefficient (Wildman–Crippen LogP) is 3.32. The first kappa shape index (κ1) is 23.6. The van der Waals surface area contributed by atoms with Gasteiger partial charge in [0.15, 0.2) is 15.0 Å². The Morgan fingerprint density at radius 3 is 2.68 bits per heavy atom. The van der Waals surface area contributed by atoms with Crippen LogP contribution in [0.4, 0.5) is 5.13 Å². The SMILES string of the molecule is Cc1nc(NC(=O)C[C@H](N)C(=O)OC2CCCC2)sc1-c1ccc(Cl)c(S(C)(=O)=O)c1. The highest BCUT2D eigenvalue weighted by Crippen LogP contribution is 2.35. The summed E-state index contributed by atoms with van der Waals surface area (Å²) in [5, 5.41) is 3.11. The van der Waals surface area contributed by atoms with Crippen LogP contribution in [-0.4, -0.2) is 43.7 Å². The number of amides is 1. The fraction of sp³-hybridized carbons (Fsp3) is 0.450. The maximum Gasteiger partial charge on any atom is 0.323 e. The molecule has 0 bridgehead atoms. The monoisotopic (exact) mass is 485 g/mol. The van der Waals surface area contributed by atoms with Crippen molar-refractivity contribution in [3.8, 4) is 10.4 Å². The summed E-state index contributed by atoms with van der Waals surface area (Å²) in [7, 11) is -3.49. The number of thiazole rings is 1. The van der Waals surface area contributed by atoms with Crippen LogP contribution in [0.2, 0.25) is 5.02 Å². The molecule has 168 valence electrons. The molecule has 1 aliphatic carbocycles. The van der Waals surface area contributed by atoms with E-state index in [1.807, 2.05) is 0 Å². The van der Waals surface area contributed by atoms with Gasteiger partial charge in [-0.2, -0.15) is 0 Å². The molecule has 31 heavy (non-hydrogen) atoms. The zero-order valence-electron chi connectivity index (χ0n) is 17.2. The zero-order chi connectivity index (χ0) is 22.8. The molecule has 1 aromatic carbocycles. The molecule has 0 saturated heterocycles. The average molecular weight is 486 g/mol. The number of carbonyl (C=O) groups is 2. The molecule has 11 heteroatoms. The lowest BCUT2D eigenvalue weighted by molar-refractivity contribution is -0.151. The van der Waals surface area contributed by atoms with E-state index in [1.54, 1.807) is 13.0 Å². The van der Waals surface area contributed by atoms with Crippen molar-refractivity contribution in [1.82, 2.24) is 4.98 Å². The van der Waals surface area contributed by atoms with Gasteiger partial charge in [0.05, 0.1) is 26.9 Å². The molecule has 0 unspecified atom stereocenters. The molecule has 0 radical (unpaired) electrons. The first-order valence-electron chi connectivity index (χ1n) is 9.78. The number of sulfone groups is 1. The summed E-state index contributed by atoms with van der Waals surface area (Å²) in [6.07, 6.45) is 4.47. The first-order chi connectivity index (χ1) is 14.5. The van der Waals surface area contributed by atoms with Crippen LogP contribution in [0, 0.1) is 6.92 Å². The van der Waals surface area contributed by atoms with E-state index >= 15 is 0 Å². The van der Waals surface area contributed by atoms with E-state index in [0.29, 0.717) is 21.3 Å². The molecule has 3 N–H and O–H groups in total. The predicted molar refractivity (Wildman–Crippen MR) is 120 cm³/mol. The third kappa shape index (κ3) is 6.03. The number of aromatic nitrogens is 1. The molecule has 8 nitrogen and oxygen atoms in total. The van der Waals surface area contributed by atoms with Crippen molar-refractivity contribution in [3.63, 3.8) is 0 Å². The number of nitrogens with zero attached hydrogens (tertiary/aromatic N) is 1. The highest BCUT2D eigenvalue weighted by atomic mass is 35.5. The van der Waals surface area contributed by atoms with Gasteiger partial charge in [-0.3, -0.25) is 9.59 Å². The molecule has 2 aromatic rings. The quantitative estimate of drug-likeness (QED) is 0.575. The zero-order valence-corrected chi connectivity index (χ0v) is 19.6. The lowest BCUT2D eigenvalue weighted by Crippen LogP contribution is -2.37. The topological polar surface area (TPSA) is 128 Å². The summed E-state index contributed by atoms with van der Waals surface area (Å²) in [4.78, 5) is 29.4. The van der Waals surface area contributed by atoms with E-state index in [-0.39, 0.29) is 22.4 Å². The third-order valence-corrected chi connectivity index (χ3v) is 7.63. The molecule has 1 heterocycles. The molecule has 1 saturated carbocycles. The number of hydrogen-bond donors (Lipinski definition) is 2. The molecule has 1 aromatic heterocycles. The van der Waals surface area contributed by atoms with E-state index in [2.05, 4.69) is 10.3 Å². The second-order valence-corrected chi connectivity index (χ2v) is 10.9. The number of anilines is 1. The number of esters is 1. The van der Waals surface area contributed by atoms with Crippen LogP contribution in [-0.2, 0) is 24.2 Å². The Hall–Kier alpha value is -2.01. The van der Waals surface area contributed by atoms with Crippen molar-refractivity contribution in [1.29, 1.82) is 0 Å². The Bertz CT molecular complexity index is 1090. The normalized spacial score (nSPS) is 15.6. The summed E-state index contributed by atoms with van der Waals surface area (Å²) in [5.74, 6) is -1.03. The van der Waals surface area contributed by atoms with Gasteiger partial charge in [-0.25, -0.2) is 13.4 Å². The number of hydrogen-bond acceptors (Lipinski definition) is 8. The van der Waals surface area contributed by atoms with E-state index in [0.717, 1.165) is 31.9 Å². The minimum atomic E-state index is -3.49. The fourth-order valence-corrected chi connectivity index (χ4v) is 5.64. The molecular weight excluding hydrogens is 462 g/mol. The van der Waals surface area contributed by atoms with Gasteiger partial charge in [-0.05, 0) is 50.3 Å². The van der Waals surface area contributed by atoms with Crippen LogP contribution in [0.25, 0.3) is 10.4 Å². The van der Waals surface area contributed by atoms with Crippen LogP contribution >= 0.6 is 22.9 Å². The Labute approximate surface area is 190 Å². The number of carbonyl (C=O) groups excluding carboxylic acids is 2. The molecule has 1 amide bonds. The van der Waals surface area contributed by atoms with Crippen molar-refractivity contribution in [2.24, 2.45) is 5.73 Å². The minimum absolute atomic E-state index is 0.0248. The Morgan fingerprint density at radius 1 is 1.35 bits per heavy atom. The van der Waals surface area contributed by atoms with Gasteiger partial charge in [0.25, 0.3) is 0 Å². The van der Waals surface area contributed by atoms with Crippen molar-refractivity contribution in [3.05, 3.63) is 28.9 Å². The van der Waals surface area contributed by atoms with E-state index < -0.39 is 27.8 Å². The van der Waals surface area contributed by atoms with E-state index in [1.165, 1.54) is 23.5 Å². The molecule has 0 spiro atoms. The Kier molecular flexibility index (Phi) is 7.35. The minimum Gasteiger partial charge on any atom is -0.461 e. The Morgan fingerprint density at radius 2 is 2.03 bits per heavy atom. The molecule has 3 rings (SSSR count).